The third-order valence-electron chi connectivity index (χ3n) is 2.04. The van der Waals surface area contributed by atoms with Gasteiger partial charge in [-0.1, -0.05) is 49.0 Å². The number of hydrogen-bond acceptors (Lipinski definition) is 0. The van der Waals surface area contributed by atoms with Crippen LogP contribution in [0.4, 0.5) is 0 Å². The molecule has 0 atom stereocenters. The summed E-state index contributed by atoms with van der Waals surface area (Å²) in [5, 5.41) is 0. The number of rotatable bonds is 5. The topological polar surface area (TPSA) is 0 Å². The van der Waals surface area contributed by atoms with Gasteiger partial charge in [-0.2, -0.15) is 0 Å². The molecule has 78 valence electrons. The van der Waals surface area contributed by atoms with Gasteiger partial charge in [0.2, 0.25) is 0 Å². The van der Waals surface area contributed by atoms with Gasteiger partial charge in [-0.05, 0) is 39.2 Å². The Kier molecular flexibility index (Phi) is 7.92. The van der Waals surface area contributed by atoms with Crippen LogP contribution in [0.15, 0.2) is 47.6 Å². The highest BCUT2D eigenvalue weighted by molar-refractivity contribution is 5.30. The normalized spacial score (nSPS) is 14.6. The first-order chi connectivity index (χ1) is 6.74. The highest BCUT2D eigenvalue weighted by Gasteiger charge is 1.85. The van der Waals surface area contributed by atoms with Crippen LogP contribution in [0.5, 0.6) is 0 Å². The van der Waals surface area contributed by atoms with Crippen molar-refractivity contribution in [2.45, 2.75) is 40.5 Å². The molecule has 14 heavy (non-hydrogen) atoms. The zero-order chi connectivity index (χ0) is 10.8. The fraction of sp³-hybridized carbons (Fsp3) is 0.429. The Labute approximate surface area is 88.7 Å². The summed E-state index contributed by atoms with van der Waals surface area (Å²) in [5.74, 6) is 0. The lowest BCUT2D eigenvalue weighted by Crippen LogP contribution is -1.74. The Bertz CT molecular complexity index is 249. The molecule has 0 saturated heterocycles. The second kappa shape index (κ2) is 8.55. The van der Waals surface area contributed by atoms with Gasteiger partial charge < -0.3 is 0 Å². The summed E-state index contributed by atoms with van der Waals surface area (Å²) in [5.41, 5.74) is 2.72. The Morgan fingerprint density at radius 3 is 2.36 bits per heavy atom. The van der Waals surface area contributed by atoms with Crippen LogP contribution in [0.3, 0.4) is 0 Å². The van der Waals surface area contributed by atoms with Crippen LogP contribution < -0.4 is 0 Å². The van der Waals surface area contributed by atoms with Gasteiger partial charge in [0.05, 0.1) is 0 Å². The summed E-state index contributed by atoms with van der Waals surface area (Å²) >= 11 is 0. The minimum Gasteiger partial charge on any atom is -0.0884 e. The average Bonchev–Trinajstić information content (AvgIpc) is 2.18. The number of hydrogen-bond donors (Lipinski definition) is 0. The fourth-order valence-corrected chi connectivity index (χ4v) is 1.12. The molecule has 0 amide bonds. The van der Waals surface area contributed by atoms with Gasteiger partial charge in [0, 0.05) is 0 Å². The predicted octanol–water partition coefficient (Wildman–Crippen LogP) is 4.81. The van der Waals surface area contributed by atoms with Gasteiger partial charge in [-0.25, -0.2) is 0 Å². The molecule has 0 aromatic rings. The summed E-state index contributed by atoms with van der Waals surface area (Å²) in [7, 11) is 0. The lowest BCUT2D eigenvalue weighted by Gasteiger charge is -1.94. The van der Waals surface area contributed by atoms with Crippen LogP contribution in [0.25, 0.3) is 0 Å². The van der Waals surface area contributed by atoms with E-state index < -0.39 is 0 Å². The molecule has 0 aromatic carbocycles. The van der Waals surface area contributed by atoms with Crippen molar-refractivity contribution in [1.29, 1.82) is 0 Å². The van der Waals surface area contributed by atoms with Gasteiger partial charge in [-0.15, -0.1) is 0 Å². The van der Waals surface area contributed by atoms with E-state index in [-0.39, 0.29) is 0 Å². The summed E-state index contributed by atoms with van der Waals surface area (Å²) in [6.07, 6.45) is 15.2. The zero-order valence-corrected chi connectivity index (χ0v) is 9.88. The molecule has 0 aliphatic carbocycles. The maximum atomic E-state index is 2.24. The molecule has 0 spiro atoms. The van der Waals surface area contributed by atoms with Crippen LogP contribution in [0.2, 0.25) is 0 Å². The van der Waals surface area contributed by atoms with Crippen molar-refractivity contribution in [3.8, 4) is 0 Å². The quantitative estimate of drug-likeness (QED) is 0.431. The molecule has 0 heterocycles. The fourth-order valence-electron chi connectivity index (χ4n) is 1.12. The minimum absolute atomic E-state index is 1.05. The molecular formula is C14H22. The van der Waals surface area contributed by atoms with Crippen LogP contribution in [0.1, 0.15) is 40.5 Å². The molecule has 0 saturated carbocycles. The standard InChI is InChI=1S/C14H22/c1-5-9-14(10-6-2)12-8-11-13(4)7-3/h5,7-10,12H,6,11H2,1-4H3. The summed E-state index contributed by atoms with van der Waals surface area (Å²) in [6.45, 7) is 8.45. The molecular weight excluding hydrogens is 168 g/mol. The van der Waals surface area contributed by atoms with Crippen LogP contribution >= 0.6 is 0 Å². The molecule has 0 rings (SSSR count). The maximum Gasteiger partial charge on any atom is -0.0138 e. The van der Waals surface area contributed by atoms with E-state index in [2.05, 4.69) is 64.2 Å². The van der Waals surface area contributed by atoms with Crippen molar-refractivity contribution in [2.24, 2.45) is 0 Å². The van der Waals surface area contributed by atoms with E-state index in [1.807, 2.05) is 0 Å². The Balaban J connectivity index is 4.23. The smallest absolute Gasteiger partial charge is 0.0138 e. The third kappa shape index (κ3) is 6.47. The highest BCUT2D eigenvalue weighted by Crippen LogP contribution is 2.05. The Morgan fingerprint density at radius 1 is 1.14 bits per heavy atom. The largest absolute Gasteiger partial charge is 0.0884 e. The lowest BCUT2D eigenvalue weighted by atomic mass is 10.1. The van der Waals surface area contributed by atoms with Gasteiger partial charge >= 0.3 is 0 Å². The molecule has 0 N–H and O–H groups in total. The summed E-state index contributed by atoms with van der Waals surface area (Å²) in [4.78, 5) is 0. The first-order valence-electron chi connectivity index (χ1n) is 5.35. The Hall–Kier alpha value is -1.04. The monoisotopic (exact) mass is 190 g/mol. The van der Waals surface area contributed by atoms with Gasteiger partial charge in [0.25, 0.3) is 0 Å². The first kappa shape index (κ1) is 13.0. The molecule has 0 nitrogen and oxygen atoms in total. The number of allylic oxidation sites excluding steroid dienone is 8. The van der Waals surface area contributed by atoms with Crippen molar-refractivity contribution in [1.82, 2.24) is 0 Å². The average molecular weight is 190 g/mol. The van der Waals surface area contributed by atoms with Crippen molar-refractivity contribution < 1.29 is 0 Å². The molecule has 0 radical (unpaired) electrons. The SMILES string of the molecule is CC=CC(C=CCC(C)=CC)=CCC. The second-order valence-corrected chi connectivity index (χ2v) is 3.35. The van der Waals surface area contributed by atoms with Crippen LogP contribution in [0, 0.1) is 0 Å². The van der Waals surface area contributed by atoms with Gasteiger partial charge in [0.15, 0.2) is 0 Å². The van der Waals surface area contributed by atoms with Crippen molar-refractivity contribution in [3.63, 3.8) is 0 Å². The van der Waals surface area contributed by atoms with Crippen molar-refractivity contribution in [2.75, 3.05) is 0 Å². The van der Waals surface area contributed by atoms with Crippen LogP contribution in [-0.2, 0) is 0 Å². The van der Waals surface area contributed by atoms with E-state index in [0.717, 1.165) is 12.8 Å². The minimum atomic E-state index is 1.05. The van der Waals surface area contributed by atoms with Crippen molar-refractivity contribution >= 4 is 0 Å². The Morgan fingerprint density at radius 2 is 1.86 bits per heavy atom. The van der Waals surface area contributed by atoms with E-state index >= 15 is 0 Å². The molecule has 0 aliphatic rings. The van der Waals surface area contributed by atoms with E-state index in [9.17, 15) is 0 Å². The molecule has 0 unspecified atom stereocenters. The molecule has 0 fully saturated rings. The highest BCUT2D eigenvalue weighted by atomic mass is 13.9. The van der Waals surface area contributed by atoms with Crippen molar-refractivity contribution in [3.05, 3.63) is 47.6 Å². The zero-order valence-electron chi connectivity index (χ0n) is 9.88. The molecule has 0 heteroatoms. The molecule has 0 aromatic heterocycles. The summed E-state index contributed by atoms with van der Waals surface area (Å²) < 4.78 is 0. The lowest BCUT2D eigenvalue weighted by molar-refractivity contribution is 1.19. The molecule has 0 bridgehead atoms. The summed E-state index contributed by atoms with van der Waals surface area (Å²) in [6, 6.07) is 0. The molecule has 0 aliphatic heterocycles. The van der Waals surface area contributed by atoms with E-state index in [4.69, 9.17) is 0 Å². The second-order valence-electron chi connectivity index (χ2n) is 3.35. The van der Waals surface area contributed by atoms with E-state index in [1.54, 1.807) is 0 Å². The predicted molar refractivity (Wildman–Crippen MR) is 66.4 cm³/mol. The maximum absolute atomic E-state index is 2.24. The van der Waals surface area contributed by atoms with Gasteiger partial charge in [-0.3, -0.25) is 0 Å². The van der Waals surface area contributed by atoms with Crippen LogP contribution in [-0.4, -0.2) is 0 Å². The first-order valence-corrected chi connectivity index (χ1v) is 5.35. The van der Waals surface area contributed by atoms with E-state index in [0.29, 0.717) is 0 Å². The third-order valence-corrected chi connectivity index (χ3v) is 2.04. The van der Waals surface area contributed by atoms with E-state index in [1.165, 1.54) is 11.1 Å². The van der Waals surface area contributed by atoms with Gasteiger partial charge in [0.1, 0.15) is 0 Å².